The maximum atomic E-state index is 5.90. The van der Waals surface area contributed by atoms with Crippen molar-refractivity contribution in [1.82, 2.24) is 19.7 Å². The first-order chi connectivity index (χ1) is 14.7. The predicted molar refractivity (Wildman–Crippen MR) is 121 cm³/mol. The van der Waals surface area contributed by atoms with E-state index >= 15 is 0 Å². The van der Waals surface area contributed by atoms with Crippen molar-refractivity contribution < 1.29 is 4.74 Å². The van der Waals surface area contributed by atoms with Gasteiger partial charge in [-0.25, -0.2) is 4.98 Å². The van der Waals surface area contributed by atoms with Crippen LogP contribution >= 0.6 is 0 Å². The van der Waals surface area contributed by atoms with E-state index in [0.717, 1.165) is 59.9 Å². The zero-order chi connectivity index (χ0) is 20.9. The molecule has 0 spiro atoms. The quantitative estimate of drug-likeness (QED) is 0.483. The molecule has 0 amide bonds. The minimum atomic E-state index is 0.259. The Morgan fingerprint density at radius 1 is 1.27 bits per heavy atom. The Morgan fingerprint density at radius 3 is 2.87 bits per heavy atom. The fourth-order valence-corrected chi connectivity index (χ4v) is 4.03. The summed E-state index contributed by atoms with van der Waals surface area (Å²) in [6.45, 7) is 3.59. The summed E-state index contributed by atoms with van der Waals surface area (Å²) in [5, 5.41) is 7.95. The Hall–Kier alpha value is -2.83. The van der Waals surface area contributed by atoms with Gasteiger partial charge in [0.05, 0.1) is 19.9 Å². The molecular weight excluding hydrogens is 376 g/mol. The maximum absolute atomic E-state index is 5.90. The average Bonchev–Trinajstić information content (AvgIpc) is 3.10. The molecule has 3 N–H and O–H groups in total. The minimum absolute atomic E-state index is 0.259. The van der Waals surface area contributed by atoms with Crippen LogP contribution in [0.5, 0.6) is 5.75 Å². The van der Waals surface area contributed by atoms with Crippen LogP contribution in [0.4, 0.5) is 11.8 Å². The van der Waals surface area contributed by atoms with E-state index < -0.39 is 0 Å². The van der Waals surface area contributed by atoms with Crippen LogP contribution < -0.4 is 15.8 Å². The van der Waals surface area contributed by atoms with E-state index in [9.17, 15) is 0 Å². The first kappa shape index (κ1) is 20.4. The number of unbranched alkanes of at least 4 members (excludes halogenated alkanes) is 1. The van der Waals surface area contributed by atoms with Crippen LogP contribution in [0, 0.1) is 5.92 Å². The van der Waals surface area contributed by atoms with Crippen molar-refractivity contribution in [2.24, 2.45) is 5.92 Å². The fourth-order valence-electron chi connectivity index (χ4n) is 4.03. The second-order valence-corrected chi connectivity index (χ2v) is 8.23. The van der Waals surface area contributed by atoms with Crippen LogP contribution in [0.25, 0.3) is 11.0 Å². The number of anilines is 2. The highest BCUT2D eigenvalue weighted by Gasteiger charge is 2.18. The van der Waals surface area contributed by atoms with Crippen LogP contribution in [0.3, 0.4) is 0 Å². The average molecular weight is 409 g/mol. The van der Waals surface area contributed by atoms with Gasteiger partial charge in [-0.3, -0.25) is 4.68 Å². The number of methoxy groups -OCH3 is 1. The summed E-state index contributed by atoms with van der Waals surface area (Å²) in [5.41, 5.74) is 9.94. The van der Waals surface area contributed by atoms with Crippen LogP contribution in [-0.2, 0) is 13.0 Å². The van der Waals surface area contributed by atoms with Gasteiger partial charge in [-0.1, -0.05) is 44.7 Å². The third kappa shape index (κ3) is 4.50. The van der Waals surface area contributed by atoms with Gasteiger partial charge in [-0.15, -0.1) is 0 Å². The molecule has 2 heterocycles. The van der Waals surface area contributed by atoms with Crippen LogP contribution in [0.2, 0.25) is 0 Å². The summed E-state index contributed by atoms with van der Waals surface area (Å²) >= 11 is 0. The monoisotopic (exact) mass is 408 g/mol. The molecule has 7 nitrogen and oxygen atoms in total. The summed E-state index contributed by atoms with van der Waals surface area (Å²) in [6.07, 6.45) is 10.5. The lowest BCUT2D eigenvalue weighted by Crippen LogP contribution is -2.12. The highest BCUT2D eigenvalue weighted by molar-refractivity contribution is 5.86. The lowest BCUT2D eigenvalue weighted by atomic mass is 9.81. The van der Waals surface area contributed by atoms with Gasteiger partial charge in [0.15, 0.2) is 5.82 Å². The number of ether oxygens (including phenoxy) is 1. The van der Waals surface area contributed by atoms with Crippen LogP contribution in [-0.4, -0.2) is 33.4 Å². The molecule has 0 unspecified atom stereocenters. The number of nitrogens with zero attached hydrogens (tertiary/aromatic N) is 4. The number of hydrogen-bond acceptors (Lipinski definition) is 6. The molecule has 2 aromatic heterocycles. The van der Waals surface area contributed by atoms with E-state index in [1.54, 1.807) is 13.3 Å². The van der Waals surface area contributed by atoms with E-state index in [4.69, 9.17) is 10.5 Å². The van der Waals surface area contributed by atoms with Crippen LogP contribution in [0.15, 0.2) is 24.4 Å². The molecule has 1 aliphatic carbocycles. The Morgan fingerprint density at radius 2 is 2.13 bits per heavy atom. The van der Waals surface area contributed by atoms with Gasteiger partial charge in [0.2, 0.25) is 5.95 Å². The Kier molecular flexibility index (Phi) is 6.35. The summed E-state index contributed by atoms with van der Waals surface area (Å²) in [7, 11) is 1.73. The van der Waals surface area contributed by atoms with Crippen molar-refractivity contribution in [1.29, 1.82) is 0 Å². The molecule has 160 valence electrons. The van der Waals surface area contributed by atoms with Gasteiger partial charge in [-0.2, -0.15) is 10.1 Å². The van der Waals surface area contributed by atoms with Gasteiger partial charge in [0.1, 0.15) is 16.8 Å². The molecule has 0 atom stereocenters. The number of rotatable bonds is 10. The van der Waals surface area contributed by atoms with Gasteiger partial charge in [0.25, 0.3) is 0 Å². The molecular formula is C23H32N6O. The lowest BCUT2D eigenvalue weighted by Gasteiger charge is -2.25. The van der Waals surface area contributed by atoms with Crippen molar-refractivity contribution in [2.45, 2.75) is 58.4 Å². The largest absolute Gasteiger partial charge is 0.496 e. The highest BCUT2D eigenvalue weighted by atomic mass is 16.5. The molecule has 1 fully saturated rings. The highest BCUT2D eigenvalue weighted by Crippen LogP contribution is 2.31. The van der Waals surface area contributed by atoms with E-state index in [-0.39, 0.29) is 5.95 Å². The number of nitrogens with two attached hydrogens (primary N) is 1. The first-order valence-electron chi connectivity index (χ1n) is 11.1. The topological polar surface area (TPSA) is 90.9 Å². The van der Waals surface area contributed by atoms with Gasteiger partial charge in [0, 0.05) is 12.1 Å². The first-order valence-corrected chi connectivity index (χ1v) is 11.1. The summed E-state index contributed by atoms with van der Waals surface area (Å²) < 4.78 is 7.64. The second kappa shape index (κ2) is 9.32. The minimum Gasteiger partial charge on any atom is -0.496 e. The van der Waals surface area contributed by atoms with Gasteiger partial charge in [-0.05, 0) is 36.8 Å². The van der Waals surface area contributed by atoms with E-state index in [1.165, 1.54) is 31.2 Å². The van der Waals surface area contributed by atoms with E-state index in [0.29, 0.717) is 6.54 Å². The Bertz CT molecular complexity index is 995. The van der Waals surface area contributed by atoms with Gasteiger partial charge < -0.3 is 15.8 Å². The molecule has 0 bridgehead atoms. The third-order valence-electron chi connectivity index (χ3n) is 6.07. The van der Waals surface area contributed by atoms with Crippen molar-refractivity contribution >= 4 is 22.8 Å². The summed E-state index contributed by atoms with van der Waals surface area (Å²) in [4.78, 5) is 8.77. The molecule has 4 rings (SSSR count). The SMILES string of the molecule is CCCCNc1nc(N)nc2cnn(Cc3ccc(CCC4CCC4)cc3OC)c12. The van der Waals surface area contributed by atoms with E-state index in [1.807, 2.05) is 4.68 Å². The number of nitrogen functional groups attached to an aromatic ring is 1. The van der Waals surface area contributed by atoms with Crippen molar-refractivity contribution in [2.75, 3.05) is 24.7 Å². The fraction of sp³-hybridized carbons (Fsp3) is 0.522. The molecule has 30 heavy (non-hydrogen) atoms. The molecule has 3 aromatic rings. The molecule has 0 radical (unpaired) electrons. The van der Waals surface area contributed by atoms with Crippen LogP contribution in [0.1, 0.15) is 56.6 Å². The zero-order valence-corrected chi connectivity index (χ0v) is 18.0. The second-order valence-electron chi connectivity index (χ2n) is 8.23. The van der Waals surface area contributed by atoms with E-state index in [2.05, 4.69) is 45.5 Å². The maximum Gasteiger partial charge on any atom is 0.222 e. The number of nitrogens with one attached hydrogen (secondary N) is 1. The van der Waals surface area contributed by atoms with Crippen molar-refractivity contribution in [3.05, 3.63) is 35.5 Å². The molecule has 0 aliphatic heterocycles. The Balaban J connectivity index is 1.56. The Labute approximate surface area is 178 Å². The number of benzene rings is 1. The number of aryl methyl sites for hydroxylation is 1. The molecule has 1 aromatic carbocycles. The molecule has 7 heteroatoms. The number of hydrogen-bond donors (Lipinski definition) is 2. The smallest absolute Gasteiger partial charge is 0.222 e. The molecule has 1 aliphatic rings. The molecule has 1 saturated carbocycles. The predicted octanol–water partition coefficient (Wildman–Crippen LogP) is 4.41. The summed E-state index contributed by atoms with van der Waals surface area (Å²) in [5.74, 6) is 2.81. The number of fused-ring (bicyclic) bond motifs is 1. The molecule has 0 saturated heterocycles. The number of aromatic nitrogens is 4. The standard InChI is InChI=1S/C23H32N6O/c1-3-4-12-25-22-21-19(27-23(24)28-22)14-26-29(21)15-18-11-10-17(13-20(18)30-2)9-8-16-6-5-7-16/h10-11,13-14,16H,3-9,12,15H2,1-2H3,(H3,24,25,27,28). The normalized spacial score (nSPS) is 14.1. The lowest BCUT2D eigenvalue weighted by molar-refractivity contribution is 0.296. The zero-order valence-electron chi connectivity index (χ0n) is 18.0. The van der Waals surface area contributed by atoms with Gasteiger partial charge >= 0.3 is 0 Å². The van der Waals surface area contributed by atoms with Crippen molar-refractivity contribution in [3.63, 3.8) is 0 Å². The third-order valence-corrected chi connectivity index (χ3v) is 6.07. The van der Waals surface area contributed by atoms with Crippen molar-refractivity contribution in [3.8, 4) is 5.75 Å². The summed E-state index contributed by atoms with van der Waals surface area (Å²) in [6, 6.07) is 6.55.